The summed E-state index contributed by atoms with van der Waals surface area (Å²) in [5.41, 5.74) is 1.47. The van der Waals surface area contributed by atoms with Gasteiger partial charge in [-0.25, -0.2) is 9.78 Å². The van der Waals surface area contributed by atoms with Gasteiger partial charge in [0.15, 0.2) is 0 Å². The number of aliphatic carboxylic acids is 1. The number of carboxylic acids is 1. The summed E-state index contributed by atoms with van der Waals surface area (Å²) in [7, 11) is 0. The van der Waals surface area contributed by atoms with Crippen molar-refractivity contribution in [1.82, 2.24) is 4.98 Å². The van der Waals surface area contributed by atoms with Crippen molar-refractivity contribution in [2.75, 3.05) is 0 Å². The molecule has 0 atom stereocenters. The lowest BCUT2D eigenvalue weighted by Gasteiger charge is -2.07. The first kappa shape index (κ1) is 21.2. The quantitative estimate of drug-likeness (QED) is 0.518. The van der Waals surface area contributed by atoms with E-state index in [1.54, 1.807) is 38.1 Å². The Morgan fingerprint density at radius 1 is 1.20 bits per heavy atom. The maximum Gasteiger partial charge on any atom is 0.416 e. The van der Waals surface area contributed by atoms with Gasteiger partial charge in [0, 0.05) is 11.6 Å². The van der Waals surface area contributed by atoms with E-state index in [1.807, 2.05) is 0 Å². The SMILES string of the molecule is C/C(=C\C(=O)O)c1cccc(OCc2nc(-c3ccc(C(F)(F)F)cc3)oc2C)c1. The molecule has 0 fully saturated rings. The largest absolute Gasteiger partial charge is 0.487 e. The molecule has 1 heterocycles. The molecule has 0 unspecified atom stereocenters. The van der Waals surface area contributed by atoms with Crippen LogP contribution in [0, 0.1) is 6.92 Å². The first-order valence-electron chi connectivity index (χ1n) is 8.92. The Morgan fingerprint density at radius 3 is 2.53 bits per heavy atom. The van der Waals surface area contributed by atoms with Crippen LogP contribution in [-0.4, -0.2) is 16.1 Å². The van der Waals surface area contributed by atoms with E-state index in [0.29, 0.717) is 33.9 Å². The molecule has 3 rings (SSSR count). The highest BCUT2D eigenvalue weighted by Crippen LogP contribution is 2.31. The molecule has 1 aromatic heterocycles. The molecular weight excluding hydrogens is 399 g/mol. The third-order valence-corrected chi connectivity index (χ3v) is 4.36. The van der Waals surface area contributed by atoms with E-state index in [4.69, 9.17) is 14.3 Å². The van der Waals surface area contributed by atoms with Gasteiger partial charge in [0.2, 0.25) is 5.89 Å². The molecule has 30 heavy (non-hydrogen) atoms. The van der Waals surface area contributed by atoms with Gasteiger partial charge in [0.25, 0.3) is 0 Å². The van der Waals surface area contributed by atoms with Gasteiger partial charge in [-0.05, 0) is 61.4 Å². The fourth-order valence-corrected chi connectivity index (χ4v) is 2.74. The molecule has 3 aromatic rings. The Kier molecular flexibility index (Phi) is 5.96. The Hall–Kier alpha value is -3.55. The average molecular weight is 417 g/mol. The van der Waals surface area contributed by atoms with Crippen LogP contribution in [0.5, 0.6) is 5.75 Å². The van der Waals surface area contributed by atoms with E-state index >= 15 is 0 Å². The number of carbonyl (C=O) groups is 1. The average Bonchev–Trinajstić information content (AvgIpc) is 3.06. The smallest absolute Gasteiger partial charge is 0.416 e. The maximum atomic E-state index is 12.7. The molecule has 0 spiro atoms. The van der Waals surface area contributed by atoms with Gasteiger partial charge in [-0.15, -0.1) is 0 Å². The number of nitrogens with zero attached hydrogens (tertiary/aromatic N) is 1. The second kappa shape index (κ2) is 8.44. The number of carboxylic acid groups (broad SMARTS) is 1. The number of halogens is 3. The molecule has 156 valence electrons. The molecule has 0 saturated heterocycles. The Balaban J connectivity index is 1.74. The van der Waals surface area contributed by atoms with Crippen LogP contribution in [0.3, 0.4) is 0 Å². The lowest BCUT2D eigenvalue weighted by molar-refractivity contribution is -0.137. The fourth-order valence-electron chi connectivity index (χ4n) is 2.74. The van der Waals surface area contributed by atoms with E-state index in [0.717, 1.165) is 18.2 Å². The number of alkyl halides is 3. The number of hydrogen-bond donors (Lipinski definition) is 1. The number of hydrogen-bond acceptors (Lipinski definition) is 4. The van der Waals surface area contributed by atoms with Crippen LogP contribution < -0.4 is 4.74 Å². The van der Waals surface area contributed by atoms with E-state index in [1.165, 1.54) is 12.1 Å². The molecule has 2 aromatic carbocycles. The second-order valence-corrected chi connectivity index (χ2v) is 6.58. The third kappa shape index (κ3) is 5.08. The summed E-state index contributed by atoms with van der Waals surface area (Å²) in [4.78, 5) is 15.1. The van der Waals surface area contributed by atoms with Crippen molar-refractivity contribution in [3.63, 3.8) is 0 Å². The van der Waals surface area contributed by atoms with Gasteiger partial charge < -0.3 is 14.3 Å². The minimum absolute atomic E-state index is 0.0844. The summed E-state index contributed by atoms with van der Waals surface area (Å²) in [6.45, 7) is 3.46. The zero-order chi connectivity index (χ0) is 21.9. The number of aryl methyl sites for hydroxylation is 1. The van der Waals surface area contributed by atoms with E-state index in [9.17, 15) is 18.0 Å². The van der Waals surface area contributed by atoms with Crippen molar-refractivity contribution in [1.29, 1.82) is 0 Å². The molecule has 0 amide bonds. The minimum atomic E-state index is -4.41. The monoisotopic (exact) mass is 417 g/mol. The topological polar surface area (TPSA) is 72.6 Å². The van der Waals surface area contributed by atoms with E-state index in [-0.39, 0.29) is 12.5 Å². The van der Waals surface area contributed by atoms with E-state index in [2.05, 4.69) is 4.98 Å². The molecule has 5 nitrogen and oxygen atoms in total. The van der Waals surface area contributed by atoms with Gasteiger partial charge in [0.1, 0.15) is 23.8 Å². The van der Waals surface area contributed by atoms with Crippen molar-refractivity contribution in [2.45, 2.75) is 26.6 Å². The third-order valence-electron chi connectivity index (χ3n) is 4.36. The summed E-state index contributed by atoms with van der Waals surface area (Å²) in [5.74, 6) is 0.175. The molecular formula is C22H18F3NO4. The van der Waals surface area contributed by atoms with Crippen molar-refractivity contribution in [2.24, 2.45) is 0 Å². The van der Waals surface area contributed by atoms with Crippen LogP contribution in [-0.2, 0) is 17.6 Å². The van der Waals surface area contributed by atoms with Gasteiger partial charge in [0.05, 0.1) is 5.56 Å². The fraction of sp³-hybridized carbons (Fsp3) is 0.182. The number of rotatable bonds is 6. The highest BCUT2D eigenvalue weighted by atomic mass is 19.4. The lowest BCUT2D eigenvalue weighted by atomic mass is 10.1. The Morgan fingerprint density at radius 2 is 1.90 bits per heavy atom. The second-order valence-electron chi connectivity index (χ2n) is 6.58. The van der Waals surface area contributed by atoms with Gasteiger partial charge in [-0.3, -0.25) is 0 Å². The van der Waals surface area contributed by atoms with Crippen molar-refractivity contribution in [3.8, 4) is 17.2 Å². The van der Waals surface area contributed by atoms with Crippen LogP contribution in [0.1, 0.15) is 29.5 Å². The van der Waals surface area contributed by atoms with Gasteiger partial charge in [-0.2, -0.15) is 13.2 Å². The molecule has 0 aliphatic carbocycles. The van der Waals surface area contributed by atoms with E-state index < -0.39 is 17.7 Å². The highest BCUT2D eigenvalue weighted by Gasteiger charge is 2.30. The van der Waals surface area contributed by atoms with Crippen molar-refractivity contribution >= 4 is 11.5 Å². The number of benzene rings is 2. The molecule has 8 heteroatoms. The number of oxazole rings is 1. The summed E-state index contributed by atoms with van der Waals surface area (Å²) >= 11 is 0. The lowest BCUT2D eigenvalue weighted by Crippen LogP contribution is -2.04. The molecule has 0 aliphatic rings. The van der Waals surface area contributed by atoms with Crippen LogP contribution in [0.2, 0.25) is 0 Å². The maximum absolute atomic E-state index is 12.7. The first-order chi connectivity index (χ1) is 14.1. The van der Waals surface area contributed by atoms with Crippen LogP contribution >= 0.6 is 0 Å². The standard InChI is InChI=1S/C22H18F3NO4/c1-13(10-20(27)28)16-4-3-5-18(11-16)29-12-19-14(2)30-21(26-19)15-6-8-17(9-7-15)22(23,24)25/h3-11H,12H2,1-2H3,(H,27,28)/b13-10+. The molecule has 0 bridgehead atoms. The normalized spacial score (nSPS) is 12.1. The van der Waals surface area contributed by atoms with Crippen molar-refractivity contribution in [3.05, 3.63) is 77.2 Å². The van der Waals surface area contributed by atoms with Gasteiger partial charge >= 0.3 is 12.1 Å². The summed E-state index contributed by atoms with van der Waals surface area (Å²) in [5, 5.41) is 8.87. The van der Waals surface area contributed by atoms with Gasteiger partial charge in [-0.1, -0.05) is 12.1 Å². The van der Waals surface area contributed by atoms with Crippen molar-refractivity contribution < 1.29 is 32.2 Å². The summed E-state index contributed by atoms with van der Waals surface area (Å²) in [6.07, 6.45) is -3.30. The highest BCUT2D eigenvalue weighted by molar-refractivity contribution is 5.89. The number of ether oxygens (including phenoxy) is 1. The summed E-state index contributed by atoms with van der Waals surface area (Å²) < 4.78 is 49.4. The predicted octanol–water partition coefficient (Wildman–Crippen LogP) is 5.74. The molecule has 0 radical (unpaired) electrons. The predicted molar refractivity (Wildman–Crippen MR) is 104 cm³/mol. The molecule has 0 aliphatic heterocycles. The number of allylic oxidation sites excluding steroid dienone is 1. The van der Waals surface area contributed by atoms with Crippen LogP contribution in [0.25, 0.3) is 17.0 Å². The zero-order valence-electron chi connectivity index (χ0n) is 16.2. The molecule has 0 saturated carbocycles. The zero-order valence-corrected chi connectivity index (χ0v) is 16.2. The Labute approximate surface area is 170 Å². The summed E-state index contributed by atoms with van der Waals surface area (Å²) in [6, 6.07) is 11.5. The number of aromatic nitrogens is 1. The minimum Gasteiger partial charge on any atom is -0.487 e. The molecule has 1 N–H and O–H groups in total. The Bertz CT molecular complexity index is 1080. The first-order valence-corrected chi connectivity index (χ1v) is 8.92. The van der Waals surface area contributed by atoms with Crippen LogP contribution in [0.15, 0.2) is 59.0 Å². The van der Waals surface area contributed by atoms with Crippen LogP contribution in [0.4, 0.5) is 13.2 Å².